The van der Waals surface area contributed by atoms with Crippen molar-refractivity contribution >= 4 is 101 Å². The average molecular weight is 2010 g/mol. The highest BCUT2D eigenvalue weighted by Gasteiger charge is 2.56. The lowest BCUT2D eigenvalue weighted by Crippen LogP contribution is -2.55. The van der Waals surface area contributed by atoms with Crippen molar-refractivity contribution in [3.8, 4) is 91.0 Å². The molecule has 2 unspecified atom stereocenters. The van der Waals surface area contributed by atoms with Crippen LogP contribution in [0.15, 0.2) is 220 Å². The summed E-state index contributed by atoms with van der Waals surface area (Å²) in [7, 11) is 20.2. The molecule has 8 aromatic heterocycles. The smallest absolute Gasteiger partial charge is 0.426 e. The molecule has 16 rings (SSSR count). The number of nitrogens with one attached hydrogen (secondary N) is 3. The Bertz CT molecular complexity index is 6820. The first-order chi connectivity index (χ1) is 70.0. The van der Waals surface area contributed by atoms with Crippen molar-refractivity contribution in [2.45, 2.75) is 77.6 Å². The van der Waals surface area contributed by atoms with Gasteiger partial charge >= 0.3 is 12.4 Å². The van der Waals surface area contributed by atoms with Gasteiger partial charge in [-0.3, -0.25) is 48.3 Å². The maximum absolute atomic E-state index is 13.0. The van der Waals surface area contributed by atoms with E-state index < -0.39 is 35.4 Å². The fraction of sp³-hybridized carbons (Fsp3) is 0.327. The first-order valence-corrected chi connectivity index (χ1v) is 46.7. The number of likely N-dealkylation sites (N-methyl/N-ethyl adjacent to an activating group) is 2. The number of fused-ring (bicyclic) bond motifs is 4. The van der Waals surface area contributed by atoms with E-state index in [1.54, 1.807) is 122 Å². The number of ether oxygens (including phenoxy) is 8. The third-order valence-electron chi connectivity index (χ3n) is 24.0. The molecule has 5 N–H and O–H groups in total. The molecule has 0 fully saturated rings. The number of aliphatic hydroxyl groups is 2. The van der Waals surface area contributed by atoms with E-state index in [-0.39, 0.29) is 39.0 Å². The number of hydrogen-bond acceptors (Lipinski definition) is 30. The number of methoxy groups -OCH3 is 8. The predicted molar refractivity (Wildman–Crippen MR) is 548 cm³/mol. The van der Waals surface area contributed by atoms with Gasteiger partial charge in [0.25, 0.3) is 11.8 Å². The van der Waals surface area contributed by atoms with Gasteiger partial charge in [0.15, 0.2) is 0 Å². The molecule has 0 aliphatic carbocycles. The van der Waals surface area contributed by atoms with Crippen LogP contribution in [0.5, 0.6) is 46.0 Å². The molecule has 768 valence electrons. The second-order valence-corrected chi connectivity index (χ2v) is 33.9. The summed E-state index contributed by atoms with van der Waals surface area (Å²) in [5.41, 5.74) is 12.2. The van der Waals surface area contributed by atoms with Gasteiger partial charge in [0.1, 0.15) is 46.0 Å². The summed E-state index contributed by atoms with van der Waals surface area (Å²) in [5, 5.41) is 43.8. The summed E-state index contributed by atoms with van der Waals surface area (Å²) < 4.78 is 129. The van der Waals surface area contributed by atoms with Crippen molar-refractivity contribution < 1.29 is 84.0 Å². The second-order valence-electron chi connectivity index (χ2n) is 33.9. The van der Waals surface area contributed by atoms with Crippen LogP contribution in [-0.2, 0) is 37.3 Å². The number of amides is 2. The number of hydrogen-bond donors (Lipinski definition) is 5. The summed E-state index contributed by atoms with van der Waals surface area (Å²) in [6.45, 7) is 13.7. The zero-order chi connectivity index (χ0) is 105. The van der Waals surface area contributed by atoms with Crippen molar-refractivity contribution in [1.82, 2.24) is 99.8 Å². The number of aromatic nitrogens is 16. The van der Waals surface area contributed by atoms with Crippen molar-refractivity contribution in [3.63, 3.8) is 0 Å². The summed E-state index contributed by atoms with van der Waals surface area (Å²) in [5.74, 6) is 2.10. The van der Waals surface area contributed by atoms with Crippen LogP contribution in [0.4, 0.5) is 71.8 Å². The van der Waals surface area contributed by atoms with Gasteiger partial charge in [-0.15, -0.1) is 0 Å². The maximum atomic E-state index is 13.0. The van der Waals surface area contributed by atoms with E-state index >= 15 is 0 Å². The lowest BCUT2D eigenvalue weighted by Gasteiger charge is -2.29. The van der Waals surface area contributed by atoms with Gasteiger partial charge in [0.2, 0.25) is 11.2 Å². The number of nitrogens with zero attached hydrogens (tertiary/aromatic N) is 21. The molecule has 0 aliphatic rings. The maximum Gasteiger partial charge on any atom is 0.426 e. The molecular weight excluding hydrogens is 1890 g/mol. The zero-order valence-electron chi connectivity index (χ0n) is 84.1. The molecule has 0 spiro atoms. The fourth-order valence-corrected chi connectivity index (χ4v) is 15.5. The Hall–Kier alpha value is -16.1. The molecule has 0 saturated heterocycles. The van der Waals surface area contributed by atoms with E-state index in [0.717, 1.165) is 147 Å². The van der Waals surface area contributed by atoms with E-state index in [9.17, 15) is 46.1 Å². The molecule has 8 aromatic carbocycles. The molecule has 42 heteroatoms. The number of halogens is 6. The topological polar surface area (TPSA) is 375 Å². The van der Waals surface area contributed by atoms with Crippen molar-refractivity contribution in [1.29, 1.82) is 0 Å². The number of anilines is 8. The Morgan fingerprint density at radius 2 is 0.603 bits per heavy atom. The quantitative estimate of drug-likeness (QED) is 0.0176. The standard InChI is InChI=1S/2C27H29F3N6O4.C26H32N6O2.C24H28N6O2/c2*1-26(38,27(28,29)30)25(37)31-8-5-9-36(19-10-20(39-3)13-21(11-19)40-4)18-6-7-22-23(12-18)34-24(15-32-22)17-14-33-35(2)16-17;1-6-31(7-2)10-11-32(21-12-22(33-4)15-23(13-21)34-5)20-8-9-24-25(14-20)29-26(17-27-24)19-16-28-30(3)18-19;1-5-29-16-17(14-27-29)24-15-26-22-7-6-18(12-23(22)28-24)30(9-8-25-2)19-10-20(31-3)13-21(11-19)32-4/h2*6-7,10-16,38H,5,8-9H2,1-4H3,(H,31,37);8-9,12-18H,6-7,10-11H2,1-5H3;6-7,10-16,25H,5,8-9H2,1-4H3. The summed E-state index contributed by atoms with van der Waals surface area (Å²) in [4.78, 5) is 72.2. The van der Waals surface area contributed by atoms with Crippen molar-refractivity contribution in [3.05, 3.63) is 220 Å². The molecule has 8 heterocycles. The summed E-state index contributed by atoms with van der Waals surface area (Å²) in [6.07, 6.45) is 11.8. The molecular formula is C104H118F6N24O12. The first-order valence-electron chi connectivity index (χ1n) is 46.7. The van der Waals surface area contributed by atoms with Crippen LogP contribution in [0, 0.1) is 0 Å². The Kier molecular flexibility index (Phi) is 35.5. The van der Waals surface area contributed by atoms with Crippen LogP contribution >= 0.6 is 0 Å². The van der Waals surface area contributed by atoms with Crippen LogP contribution in [0.3, 0.4) is 0 Å². The minimum Gasteiger partial charge on any atom is -0.497 e. The second kappa shape index (κ2) is 48.3. The van der Waals surface area contributed by atoms with E-state index in [1.807, 2.05) is 159 Å². The summed E-state index contributed by atoms with van der Waals surface area (Å²) in [6, 6.07) is 45.8. The highest BCUT2D eigenvalue weighted by atomic mass is 19.4. The van der Waals surface area contributed by atoms with Crippen LogP contribution in [0.25, 0.3) is 89.2 Å². The minimum atomic E-state index is -5.10. The van der Waals surface area contributed by atoms with Gasteiger partial charge in [-0.2, -0.15) is 46.7 Å². The molecule has 0 saturated carbocycles. The van der Waals surface area contributed by atoms with Gasteiger partial charge in [-0.25, -0.2) is 19.9 Å². The highest BCUT2D eigenvalue weighted by Crippen LogP contribution is 2.42. The molecule has 2 atom stereocenters. The van der Waals surface area contributed by atoms with E-state index in [0.29, 0.717) is 93.0 Å². The Morgan fingerprint density at radius 1 is 0.336 bits per heavy atom. The SMILES string of the molecule is CCN(CC)CCN(c1cc(OC)cc(OC)c1)c1ccc2ncc(-c3cnn(C)c3)nc2c1.CCn1cc(-c2cnc3ccc(N(CCNC)c4cc(OC)cc(OC)c4)cc3n2)cn1.COc1cc(OC)cc(N(CCCNC(=O)C(C)(O)C(F)(F)F)c2ccc3ncc(-c4cnn(C)c4)nc3c2)c1.COc1cc(OC)cc(N(CCCNC(=O)C(C)(O)C(F)(F)F)c2ccc3ncc(-c4cnn(C)c4)nc3c2)c1. The van der Waals surface area contributed by atoms with Gasteiger partial charge in [-0.1, -0.05) is 13.8 Å². The van der Waals surface area contributed by atoms with Crippen LogP contribution in [0.2, 0.25) is 0 Å². The van der Waals surface area contributed by atoms with E-state index in [4.69, 9.17) is 57.8 Å². The molecule has 0 aliphatic heterocycles. The number of alkyl halides is 6. The van der Waals surface area contributed by atoms with Crippen molar-refractivity contribution in [2.75, 3.05) is 149 Å². The molecule has 2 amide bonds. The molecule has 0 bridgehead atoms. The average Bonchev–Trinajstić information content (AvgIpc) is 1.17. The minimum absolute atomic E-state index is 0.110. The van der Waals surface area contributed by atoms with E-state index in [1.165, 1.54) is 28.4 Å². The monoisotopic (exact) mass is 2010 g/mol. The highest BCUT2D eigenvalue weighted by molar-refractivity contribution is 5.89. The molecule has 146 heavy (non-hydrogen) atoms. The largest absolute Gasteiger partial charge is 0.497 e. The Labute approximate surface area is 839 Å². The first kappa shape index (κ1) is 107. The number of aryl methyl sites for hydroxylation is 4. The van der Waals surface area contributed by atoms with Crippen molar-refractivity contribution in [2.24, 2.45) is 21.1 Å². The number of rotatable bonds is 39. The molecule has 16 aromatic rings. The molecule has 0 radical (unpaired) electrons. The van der Waals surface area contributed by atoms with Crippen LogP contribution in [-0.4, -0.2) is 259 Å². The van der Waals surface area contributed by atoms with Gasteiger partial charge in [0, 0.05) is 245 Å². The normalized spacial score (nSPS) is 12.2. The predicted octanol–water partition coefficient (Wildman–Crippen LogP) is 16.4. The number of carbonyl (C=O) groups is 2. The fourth-order valence-electron chi connectivity index (χ4n) is 15.5. The zero-order valence-corrected chi connectivity index (χ0v) is 84.1. The van der Waals surface area contributed by atoms with Gasteiger partial charge < -0.3 is 88.6 Å². The van der Waals surface area contributed by atoms with Gasteiger partial charge in [0.05, 0.1) is 173 Å². The lowest BCUT2D eigenvalue weighted by molar-refractivity contribution is -0.245. The third-order valence-corrected chi connectivity index (χ3v) is 24.0. The molecule has 36 nitrogen and oxygen atoms in total. The number of carbonyl (C=O) groups excluding carboxylic acids is 2. The van der Waals surface area contributed by atoms with Gasteiger partial charge in [-0.05, 0) is 127 Å². The summed E-state index contributed by atoms with van der Waals surface area (Å²) >= 11 is 0. The third kappa shape index (κ3) is 26.5. The Morgan fingerprint density at radius 3 is 0.842 bits per heavy atom. The Balaban J connectivity index is 0.000000163. The van der Waals surface area contributed by atoms with E-state index in [2.05, 4.69) is 116 Å². The van der Waals surface area contributed by atoms with Crippen LogP contribution in [0.1, 0.15) is 47.5 Å². The lowest BCUT2D eigenvalue weighted by atomic mass is 10.1. The van der Waals surface area contributed by atoms with Crippen LogP contribution < -0.4 is 73.4 Å². The number of benzene rings is 8.